The van der Waals surface area contributed by atoms with Gasteiger partial charge in [0.15, 0.2) is 0 Å². The largest absolute Gasteiger partial charge is 0.279 e. The molecule has 140 valence electrons. The molecular formula is C23H25NO2S. The summed E-state index contributed by atoms with van der Waals surface area (Å²) in [6, 6.07) is 19.7. The Balaban J connectivity index is 2.01. The molecule has 3 rings (SSSR count). The van der Waals surface area contributed by atoms with E-state index >= 15 is 0 Å². The summed E-state index contributed by atoms with van der Waals surface area (Å²) >= 11 is 0. The minimum atomic E-state index is -3.68. The van der Waals surface area contributed by atoms with Crippen LogP contribution in [0.4, 0.5) is 5.69 Å². The van der Waals surface area contributed by atoms with Crippen LogP contribution in [-0.2, 0) is 16.4 Å². The molecule has 4 heteroatoms. The molecule has 0 bridgehead atoms. The third-order valence-corrected chi connectivity index (χ3v) is 6.70. The maximum absolute atomic E-state index is 13.2. The fraction of sp³-hybridized carbons (Fsp3) is 0.217. The fourth-order valence-electron chi connectivity index (χ4n) is 3.37. The average molecular weight is 380 g/mol. The smallest absolute Gasteiger partial charge is 0.262 e. The number of aryl methyl sites for hydroxylation is 2. The number of nitrogens with one attached hydrogen (secondary N) is 1. The SMILES string of the molecule is Cc1cc(C)c(C)c(S(=O)(=O)Nc2ccccc2Cc2ccccc2)c1C. The van der Waals surface area contributed by atoms with Crippen molar-refractivity contribution in [1.29, 1.82) is 0 Å². The highest BCUT2D eigenvalue weighted by molar-refractivity contribution is 7.92. The average Bonchev–Trinajstić information content (AvgIpc) is 2.62. The zero-order valence-corrected chi connectivity index (χ0v) is 17.0. The van der Waals surface area contributed by atoms with Gasteiger partial charge < -0.3 is 0 Å². The molecule has 1 N–H and O–H groups in total. The van der Waals surface area contributed by atoms with E-state index in [0.29, 0.717) is 17.0 Å². The van der Waals surface area contributed by atoms with E-state index in [2.05, 4.69) is 4.72 Å². The number of sulfonamides is 1. The van der Waals surface area contributed by atoms with Crippen LogP contribution in [-0.4, -0.2) is 8.42 Å². The van der Waals surface area contributed by atoms with Crippen molar-refractivity contribution in [2.24, 2.45) is 0 Å². The monoisotopic (exact) mass is 379 g/mol. The van der Waals surface area contributed by atoms with Gasteiger partial charge in [-0.2, -0.15) is 0 Å². The summed E-state index contributed by atoms with van der Waals surface area (Å²) in [6.07, 6.45) is 0.671. The van der Waals surface area contributed by atoms with Gasteiger partial charge in [0.1, 0.15) is 0 Å². The molecule has 0 unspecified atom stereocenters. The number of rotatable bonds is 5. The molecule has 3 nitrogen and oxygen atoms in total. The Bertz CT molecular complexity index is 1040. The van der Waals surface area contributed by atoms with Crippen molar-refractivity contribution in [3.63, 3.8) is 0 Å². The summed E-state index contributed by atoms with van der Waals surface area (Å²) < 4.78 is 29.3. The van der Waals surface area contributed by atoms with Crippen molar-refractivity contribution in [1.82, 2.24) is 0 Å². The van der Waals surface area contributed by atoms with E-state index in [-0.39, 0.29) is 0 Å². The van der Waals surface area contributed by atoms with Crippen LogP contribution in [0.15, 0.2) is 65.6 Å². The predicted octanol–water partition coefficient (Wildman–Crippen LogP) is 5.31. The van der Waals surface area contributed by atoms with E-state index < -0.39 is 10.0 Å². The van der Waals surface area contributed by atoms with Crippen molar-refractivity contribution in [3.05, 3.63) is 94.0 Å². The molecular weight excluding hydrogens is 354 g/mol. The number of benzene rings is 3. The molecule has 3 aromatic carbocycles. The Morgan fingerprint density at radius 2 is 1.33 bits per heavy atom. The van der Waals surface area contributed by atoms with Gasteiger partial charge >= 0.3 is 0 Å². The number of hydrogen-bond donors (Lipinski definition) is 1. The van der Waals surface area contributed by atoms with E-state index in [1.807, 2.05) is 88.4 Å². The van der Waals surface area contributed by atoms with Crippen molar-refractivity contribution in [3.8, 4) is 0 Å². The molecule has 0 aliphatic carbocycles. The maximum atomic E-state index is 13.2. The zero-order valence-electron chi connectivity index (χ0n) is 16.2. The maximum Gasteiger partial charge on any atom is 0.262 e. The minimum absolute atomic E-state index is 0.384. The fourth-order valence-corrected chi connectivity index (χ4v) is 5.09. The van der Waals surface area contributed by atoms with Crippen LogP contribution in [0.25, 0.3) is 0 Å². The quantitative estimate of drug-likeness (QED) is 0.653. The summed E-state index contributed by atoms with van der Waals surface area (Å²) in [7, 11) is -3.68. The van der Waals surface area contributed by atoms with Gasteiger partial charge in [0.05, 0.1) is 10.6 Å². The van der Waals surface area contributed by atoms with Crippen LogP contribution in [0.2, 0.25) is 0 Å². The van der Waals surface area contributed by atoms with Crippen LogP contribution in [0.1, 0.15) is 33.4 Å². The molecule has 0 saturated carbocycles. The third kappa shape index (κ3) is 4.06. The lowest BCUT2D eigenvalue weighted by molar-refractivity contribution is 0.599. The summed E-state index contributed by atoms with van der Waals surface area (Å²) in [5.74, 6) is 0. The second-order valence-electron chi connectivity index (χ2n) is 7.01. The molecule has 0 fully saturated rings. The Morgan fingerprint density at radius 1 is 0.778 bits per heavy atom. The first-order valence-corrected chi connectivity index (χ1v) is 10.5. The first-order chi connectivity index (χ1) is 12.8. The van der Waals surface area contributed by atoms with Crippen molar-refractivity contribution in [2.45, 2.75) is 39.0 Å². The van der Waals surface area contributed by atoms with Crippen LogP contribution in [0.5, 0.6) is 0 Å². The zero-order chi connectivity index (χ0) is 19.6. The molecule has 0 spiro atoms. The standard InChI is InChI=1S/C23H25NO2S/c1-16-14-17(2)19(4)23(18(16)3)27(25,26)24-22-13-9-8-12-21(22)15-20-10-6-5-7-11-20/h5-14,24H,15H2,1-4H3. The first kappa shape index (κ1) is 19.2. The van der Waals surface area contributed by atoms with Crippen LogP contribution in [0, 0.1) is 27.7 Å². The Labute approximate surface area is 162 Å². The number of hydrogen-bond acceptors (Lipinski definition) is 2. The molecule has 0 saturated heterocycles. The Hall–Kier alpha value is -2.59. The molecule has 0 aliphatic heterocycles. The van der Waals surface area contributed by atoms with Crippen molar-refractivity contribution in [2.75, 3.05) is 4.72 Å². The van der Waals surface area contributed by atoms with Crippen LogP contribution < -0.4 is 4.72 Å². The highest BCUT2D eigenvalue weighted by atomic mass is 32.2. The summed E-state index contributed by atoms with van der Waals surface area (Å²) in [5.41, 5.74) is 6.28. The molecule has 0 radical (unpaired) electrons. The van der Waals surface area contributed by atoms with E-state index in [1.54, 1.807) is 0 Å². The topological polar surface area (TPSA) is 46.2 Å². The van der Waals surface area contributed by atoms with E-state index in [0.717, 1.165) is 33.4 Å². The van der Waals surface area contributed by atoms with Crippen molar-refractivity contribution >= 4 is 15.7 Å². The minimum Gasteiger partial charge on any atom is -0.279 e. The lowest BCUT2D eigenvalue weighted by Gasteiger charge is -2.18. The molecule has 0 heterocycles. The second kappa shape index (κ2) is 7.57. The van der Waals surface area contributed by atoms with Gasteiger partial charge in [-0.1, -0.05) is 54.6 Å². The van der Waals surface area contributed by atoms with Crippen LogP contribution in [0.3, 0.4) is 0 Å². The highest BCUT2D eigenvalue weighted by Gasteiger charge is 2.23. The summed E-state index contributed by atoms with van der Waals surface area (Å²) in [4.78, 5) is 0.384. The molecule has 0 aromatic heterocycles. The van der Waals surface area contributed by atoms with Crippen LogP contribution >= 0.6 is 0 Å². The Morgan fingerprint density at radius 3 is 1.96 bits per heavy atom. The van der Waals surface area contributed by atoms with Gasteiger partial charge in [-0.05, 0) is 73.6 Å². The van der Waals surface area contributed by atoms with Gasteiger partial charge in [-0.3, -0.25) is 4.72 Å². The predicted molar refractivity (Wildman–Crippen MR) is 112 cm³/mol. The molecule has 0 amide bonds. The van der Waals surface area contributed by atoms with E-state index in [1.165, 1.54) is 0 Å². The lowest BCUT2D eigenvalue weighted by Crippen LogP contribution is -2.18. The van der Waals surface area contributed by atoms with Gasteiger partial charge in [0.2, 0.25) is 0 Å². The first-order valence-electron chi connectivity index (χ1n) is 9.01. The summed E-state index contributed by atoms with van der Waals surface area (Å²) in [6.45, 7) is 7.63. The lowest BCUT2D eigenvalue weighted by atomic mass is 10.0. The third-order valence-electron chi connectivity index (χ3n) is 5.07. The number of para-hydroxylation sites is 1. The second-order valence-corrected chi connectivity index (χ2v) is 8.63. The van der Waals surface area contributed by atoms with E-state index in [9.17, 15) is 8.42 Å². The van der Waals surface area contributed by atoms with Crippen molar-refractivity contribution < 1.29 is 8.42 Å². The Kier molecular flexibility index (Phi) is 5.38. The molecule has 27 heavy (non-hydrogen) atoms. The van der Waals surface area contributed by atoms with Gasteiger partial charge in [-0.25, -0.2) is 8.42 Å². The normalized spacial score (nSPS) is 11.4. The van der Waals surface area contributed by atoms with E-state index in [4.69, 9.17) is 0 Å². The van der Waals surface area contributed by atoms with Gasteiger partial charge in [0.25, 0.3) is 10.0 Å². The molecule has 0 aliphatic rings. The van der Waals surface area contributed by atoms with Gasteiger partial charge in [-0.15, -0.1) is 0 Å². The molecule has 3 aromatic rings. The van der Waals surface area contributed by atoms with Gasteiger partial charge in [0, 0.05) is 0 Å². The summed E-state index contributed by atoms with van der Waals surface area (Å²) in [5, 5.41) is 0. The number of anilines is 1. The molecule has 0 atom stereocenters. The highest BCUT2D eigenvalue weighted by Crippen LogP contribution is 2.29.